The summed E-state index contributed by atoms with van der Waals surface area (Å²) in [5.41, 5.74) is 1.55. The maximum absolute atomic E-state index is 13.3. The van der Waals surface area contributed by atoms with Gasteiger partial charge in [0, 0.05) is 23.4 Å². The average molecular weight is 249 g/mol. The van der Waals surface area contributed by atoms with Gasteiger partial charge in [-0.2, -0.15) is 0 Å². The van der Waals surface area contributed by atoms with E-state index in [0.29, 0.717) is 16.8 Å². The molecule has 18 heavy (non-hydrogen) atoms. The first-order valence-corrected chi connectivity index (χ1v) is 5.55. The topological polar surface area (TPSA) is 32.3 Å². The monoisotopic (exact) mass is 249 g/mol. The van der Waals surface area contributed by atoms with Crippen LogP contribution < -0.4 is 5.32 Å². The first-order valence-electron chi connectivity index (χ1n) is 5.55. The van der Waals surface area contributed by atoms with Gasteiger partial charge >= 0.3 is 0 Å². The standard InChI is InChI=1S/C14H13F2NO/c1-9-11(15)5-3-7-13(9)17-8-10-4-2-6-12(16)14(10)18/h2-7,17-18H,8H2,1H3. The van der Waals surface area contributed by atoms with Gasteiger partial charge in [0.1, 0.15) is 5.82 Å². The molecule has 0 saturated heterocycles. The van der Waals surface area contributed by atoms with E-state index in [9.17, 15) is 13.9 Å². The number of nitrogens with one attached hydrogen (secondary N) is 1. The van der Waals surface area contributed by atoms with Gasteiger partial charge in [0.15, 0.2) is 11.6 Å². The van der Waals surface area contributed by atoms with Crippen molar-refractivity contribution in [3.05, 3.63) is 59.2 Å². The Morgan fingerprint density at radius 2 is 1.72 bits per heavy atom. The Morgan fingerprint density at radius 3 is 2.50 bits per heavy atom. The molecule has 0 aromatic heterocycles. The van der Waals surface area contributed by atoms with E-state index in [1.165, 1.54) is 18.2 Å². The molecule has 0 aliphatic carbocycles. The van der Waals surface area contributed by atoms with Gasteiger partial charge in [0.05, 0.1) is 0 Å². The third-order valence-electron chi connectivity index (χ3n) is 2.81. The molecule has 4 heteroatoms. The average Bonchev–Trinajstić information content (AvgIpc) is 2.36. The molecule has 0 spiro atoms. The van der Waals surface area contributed by atoms with Gasteiger partial charge in [-0.15, -0.1) is 0 Å². The van der Waals surface area contributed by atoms with Crippen molar-refractivity contribution in [3.8, 4) is 5.75 Å². The highest BCUT2D eigenvalue weighted by atomic mass is 19.1. The number of anilines is 1. The van der Waals surface area contributed by atoms with Crippen molar-refractivity contribution in [2.45, 2.75) is 13.5 Å². The van der Waals surface area contributed by atoms with Crippen LogP contribution in [-0.4, -0.2) is 5.11 Å². The molecule has 0 bridgehead atoms. The molecule has 2 nitrogen and oxygen atoms in total. The highest BCUT2D eigenvalue weighted by Crippen LogP contribution is 2.23. The predicted molar refractivity (Wildman–Crippen MR) is 66.5 cm³/mol. The fraction of sp³-hybridized carbons (Fsp3) is 0.143. The first-order chi connectivity index (χ1) is 8.59. The molecule has 2 rings (SSSR count). The lowest BCUT2D eigenvalue weighted by atomic mass is 10.1. The van der Waals surface area contributed by atoms with E-state index in [2.05, 4.69) is 5.32 Å². The second-order valence-electron chi connectivity index (χ2n) is 4.01. The van der Waals surface area contributed by atoms with Crippen LogP contribution in [0.5, 0.6) is 5.75 Å². The van der Waals surface area contributed by atoms with E-state index in [1.54, 1.807) is 25.1 Å². The number of rotatable bonds is 3. The summed E-state index contributed by atoms with van der Waals surface area (Å²) in [4.78, 5) is 0. The van der Waals surface area contributed by atoms with Crippen molar-refractivity contribution in [1.29, 1.82) is 0 Å². The fourth-order valence-corrected chi connectivity index (χ4v) is 1.69. The quantitative estimate of drug-likeness (QED) is 0.871. The number of aromatic hydroxyl groups is 1. The van der Waals surface area contributed by atoms with Crippen LogP contribution in [0.15, 0.2) is 36.4 Å². The second kappa shape index (κ2) is 5.04. The van der Waals surface area contributed by atoms with Crippen LogP contribution >= 0.6 is 0 Å². The molecule has 0 aliphatic heterocycles. The summed E-state index contributed by atoms with van der Waals surface area (Å²) < 4.78 is 26.4. The number of hydrogen-bond donors (Lipinski definition) is 2. The van der Waals surface area contributed by atoms with Crippen LogP contribution in [0.25, 0.3) is 0 Å². The molecule has 0 atom stereocenters. The number of benzene rings is 2. The molecule has 0 fully saturated rings. The molecule has 0 amide bonds. The lowest BCUT2D eigenvalue weighted by molar-refractivity contribution is 0.427. The van der Waals surface area contributed by atoms with Crippen LogP contribution in [0.1, 0.15) is 11.1 Å². The third-order valence-corrected chi connectivity index (χ3v) is 2.81. The summed E-state index contributed by atoms with van der Waals surface area (Å²) in [7, 11) is 0. The Kier molecular flexibility index (Phi) is 3.46. The Morgan fingerprint density at radius 1 is 1.06 bits per heavy atom. The molecule has 94 valence electrons. The molecule has 2 N–H and O–H groups in total. The molecule has 0 radical (unpaired) electrons. The van der Waals surface area contributed by atoms with Gasteiger partial charge in [-0.3, -0.25) is 0 Å². The normalized spacial score (nSPS) is 10.4. The van der Waals surface area contributed by atoms with E-state index in [1.807, 2.05) is 0 Å². The Balaban J connectivity index is 2.17. The van der Waals surface area contributed by atoms with Crippen molar-refractivity contribution in [2.75, 3.05) is 5.32 Å². The van der Waals surface area contributed by atoms with Crippen LogP contribution in [0.2, 0.25) is 0 Å². The van der Waals surface area contributed by atoms with Gasteiger partial charge in [-0.25, -0.2) is 8.78 Å². The minimum Gasteiger partial charge on any atom is -0.505 e. The first kappa shape index (κ1) is 12.4. The van der Waals surface area contributed by atoms with Gasteiger partial charge in [-0.05, 0) is 25.1 Å². The number of phenolic OH excluding ortho intramolecular Hbond substituents is 1. The second-order valence-corrected chi connectivity index (χ2v) is 4.01. The van der Waals surface area contributed by atoms with Crippen molar-refractivity contribution < 1.29 is 13.9 Å². The summed E-state index contributed by atoms with van der Waals surface area (Å²) >= 11 is 0. The van der Waals surface area contributed by atoms with Crippen LogP contribution in [0.4, 0.5) is 14.5 Å². The van der Waals surface area contributed by atoms with Crippen LogP contribution in [0.3, 0.4) is 0 Å². The summed E-state index contributed by atoms with van der Waals surface area (Å²) in [6.07, 6.45) is 0. The smallest absolute Gasteiger partial charge is 0.165 e. The highest BCUT2D eigenvalue weighted by molar-refractivity contribution is 5.52. The summed E-state index contributed by atoms with van der Waals surface area (Å²) in [6, 6.07) is 9.02. The van der Waals surface area contributed by atoms with Crippen LogP contribution in [-0.2, 0) is 6.54 Å². The largest absolute Gasteiger partial charge is 0.505 e. The van der Waals surface area contributed by atoms with E-state index < -0.39 is 5.82 Å². The SMILES string of the molecule is Cc1c(F)cccc1NCc1cccc(F)c1O. The van der Waals surface area contributed by atoms with Crippen molar-refractivity contribution >= 4 is 5.69 Å². The Bertz CT molecular complexity index is 518. The lowest BCUT2D eigenvalue weighted by Crippen LogP contribution is -2.02. The number of para-hydroxylation sites is 1. The van der Waals surface area contributed by atoms with Crippen LogP contribution in [0, 0.1) is 18.6 Å². The zero-order chi connectivity index (χ0) is 13.1. The zero-order valence-corrected chi connectivity index (χ0v) is 9.87. The van der Waals surface area contributed by atoms with Gasteiger partial charge in [-0.1, -0.05) is 18.2 Å². The molecule has 0 unspecified atom stereocenters. The molecule has 0 aliphatic rings. The lowest BCUT2D eigenvalue weighted by Gasteiger charge is -2.11. The van der Waals surface area contributed by atoms with Crippen molar-refractivity contribution in [3.63, 3.8) is 0 Å². The van der Waals surface area contributed by atoms with E-state index in [0.717, 1.165) is 0 Å². The Hall–Kier alpha value is -2.10. The number of hydrogen-bond acceptors (Lipinski definition) is 2. The van der Waals surface area contributed by atoms with Gasteiger partial charge < -0.3 is 10.4 Å². The molecule has 0 saturated carbocycles. The number of halogens is 2. The minimum absolute atomic E-state index is 0.230. The predicted octanol–water partition coefficient (Wildman–Crippen LogP) is 3.59. The number of phenols is 1. The maximum Gasteiger partial charge on any atom is 0.165 e. The minimum atomic E-state index is -0.662. The Labute approximate surface area is 104 Å². The summed E-state index contributed by atoms with van der Waals surface area (Å²) in [5.74, 6) is -1.34. The zero-order valence-electron chi connectivity index (χ0n) is 9.87. The molecule has 2 aromatic carbocycles. The summed E-state index contributed by atoms with van der Waals surface area (Å²) in [5, 5.41) is 12.5. The van der Waals surface area contributed by atoms with Gasteiger partial charge in [0.25, 0.3) is 0 Å². The third kappa shape index (κ3) is 2.42. The van der Waals surface area contributed by atoms with Gasteiger partial charge in [0.2, 0.25) is 0 Å². The van der Waals surface area contributed by atoms with Crippen molar-refractivity contribution in [2.24, 2.45) is 0 Å². The fourth-order valence-electron chi connectivity index (χ4n) is 1.69. The van der Waals surface area contributed by atoms with Crippen molar-refractivity contribution in [1.82, 2.24) is 0 Å². The summed E-state index contributed by atoms with van der Waals surface area (Å²) in [6.45, 7) is 1.89. The molecule has 2 aromatic rings. The molecular weight excluding hydrogens is 236 g/mol. The highest BCUT2D eigenvalue weighted by Gasteiger charge is 2.07. The van der Waals surface area contributed by atoms with E-state index in [-0.39, 0.29) is 18.1 Å². The maximum atomic E-state index is 13.3. The van der Waals surface area contributed by atoms with E-state index >= 15 is 0 Å². The molecular formula is C14H13F2NO. The van der Waals surface area contributed by atoms with E-state index in [4.69, 9.17) is 0 Å². The molecule has 0 heterocycles.